The third kappa shape index (κ3) is 4.71. The van der Waals surface area contributed by atoms with E-state index in [1.165, 1.54) is 12.1 Å². The zero-order valence-electron chi connectivity index (χ0n) is 16.3. The molecule has 1 fully saturated rings. The maximum atomic E-state index is 13.0. The highest BCUT2D eigenvalue weighted by Gasteiger charge is 2.32. The molecular weight excluding hydrogens is 399 g/mol. The average molecular weight is 421 g/mol. The number of carbonyl (C=O) groups excluding carboxylic acids is 2. The summed E-state index contributed by atoms with van der Waals surface area (Å²) in [5.41, 5.74) is 3.47. The number of hydrogen-bond donors (Lipinski definition) is 1. The lowest BCUT2D eigenvalue weighted by Gasteiger charge is -2.24. The van der Waals surface area contributed by atoms with E-state index in [2.05, 4.69) is 5.32 Å². The molecule has 0 bridgehead atoms. The van der Waals surface area contributed by atoms with Gasteiger partial charge in [0.05, 0.1) is 5.75 Å². The van der Waals surface area contributed by atoms with E-state index in [4.69, 9.17) is 0 Å². The number of thioether (sulfide) groups is 1. The molecule has 0 spiro atoms. The van der Waals surface area contributed by atoms with Crippen LogP contribution < -0.4 is 5.32 Å². The van der Waals surface area contributed by atoms with Crippen LogP contribution >= 0.6 is 11.8 Å². The molecular formula is C24H21FN2O2S. The van der Waals surface area contributed by atoms with Gasteiger partial charge in [-0.15, -0.1) is 11.8 Å². The van der Waals surface area contributed by atoms with Crippen molar-refractivity contribution in [3.63, 3.8) is 0 Å². The molecule has 4 rings (SSSR count). The van der Waals surface area contributed by atoms with Gasteiger partial charge in [-0.1, -0.05) is 54.6 Å². The first-order chi connectivity index (χ1) is 14.6. The van der Waals surface area contributed by atoms with Gasteiger partial charge in [0.25, 0.3) is 5.91 Å². The molecule has 1 saturated heterocycles. The number of rotatable bonds is 6. The number of halogens is 1. The summed E-state index contributed by atoms with van der Waals surface area (Å²) in [4.78, 5) is 26.7. The van der Waals surface area contributed by atoms with E-state index in [9.17, 15) is 14.0 Å². The molecule has 4 nitrogen and oxygen atoms in total. The molecule has 0 radical (unpaired) electrons. The van der Waals surface area contributed by atoms with Crippen LogP contribution in [0.4, 0.5) is 4.39 Å². The standard InChI is InChI=1S/C24H21FN2O2S/c25-21-12-6-17(7-13-21)14-26-23(29)19-8-10-20(11-9-19)24-27(22(28)16-30-24)15-18-4-2-1-3-5-18/h1-13,24H,14-16H2,(H,26,29)/t24-/m1/s1. The van der Waals surface area contributed by atoms with E-state index >= 15 is 0 Å². The SMILES string of the molecule is O=C(NCc1ccc(F)cc1)c1ccc([C@H]2SCC(=O)N2Cc2ccccc2)cc1. The fourth-order valence-electron chi connectivity index (χ4n) is 3.37. The van der Waals surface area contributed by atoms with E-state index in [1.807, 2.05) is 47.4 Å². The first-order valence-electron chi connectivity index (χ1n) is 9.68. The highest BCUT2D eigenvalue weighted by Crippen LogP contribution is 2.39. The summed E-state index contributed by atoms with van der Waals surface area (Å²) < 4.78 is 13.0. The molecule has 0 unspecified atom stereocenters. The van der Waals surface area contributed by atoms with Crippen molar-refractivity contribution >= 4 is 23.6 Å². The van der Waals surface area contributed by atoms with E-state index in [0.29, 0.717) is 24.4 Å². The molecule has 30 heavy (non-hydrogen) atoms. The number of amides is 2. The lowest BCUT2D eigenvalue weighted by atomic mass is 10.1. The van der Waals surface area contributed by atoms with Crippen molar-refractivity contribution in [3.8, 4) is 0 Å². The monoisotopic (exact) mass is 420 g/mol. The number of hydrogen-bond acceptors (Lipinski definition) is 3. The van der Waals surface area contributed by atoms with Crippen LogP contribution in [0.15, 0.2) is 78.9 Å². The molecule has 3 aromatic carbocycles. The molecule has 0 saturated carbocycles. The molecule has 152 valence electrons. The van der Waals surface area contributed by atoms with Gasteiger partial charge in [-0.2, -0.15) is 0 Å². The largest absolute Gasteiger partial charge is 0.348 e. The fourth-order valence-corrected chi connectivity index (χ4v) is 4.55. The van der Waals surface area contributed by atoms with Crippen molar-refractivity contribution in [1.82, 2.24) is 10.2 Å². The minimum Gasteiger partial charge on any atom is -0.348 e. The van der Waals surface area contributed by atoms with Crippen LogP contribution in [0.2, 0.25) is 0 Å². The highest BCUT2D eigenvalue weighted by atomic mass is 32.2. The Morgan fingerprint density at radius 1 is 0.967 bits per heavy atom. The zero-order chi connectivity index (χ0) is 20.9. The van der Waals surface area contributed by atoms with Gasteiger partial charge in [-0.05, 0) is 41.0 Å². The maximum absolute atomic E-state index is 13.0. The Hall–Kier alpha value is -3.12. The van der Waals surface area contributed by atoms with Crippen LogP contribution in [0.25, 0.3) is 0 Å². The van der Waals surface area contributed by atoms with E-state index < -0.39 is 0 Å². The van der Waals surface area contributed by atoms with Gasteiger partial charge in [0.1, 0.15) is 11.2 Å². The second-order valence-electron chi connectivity index (χ2n) is 7.10. The summed E-state index contributed by atoms with van der Waals surface area (Å²) in [6.45, 7) is 0.899. The van der Waals surface area contributed by atoms with Crippen LogP contribution in [0.1, 0.15) is 32.4 Å². The number of nitrogens with zero attached hydrogens (tertiary/aromatic N) is 1. The first-order valence-corrected chi connectivity index (χ1v) is 10.7. The molecule has 2 amide bonds. The Balaban J connectivity index is 1.41. The third-order valence-electron chi connectivity index (χ3n) is 4.99. The summed E-state index contributed by atoms with van der Waals surface area (Å²) >= 11 is 1.60. The molecule has 0 aromatic heterocycles. The summed E-state index contributed by atoms with van der Waals surface area (Å²) in [7, 11) is 0. The van der Waals surface area contributed by atoms with Crippen molar-refractivity contribution in [1.29, 1.82) is 0 Å². The molecule has 6 heteroatoms. The van der Waals surface area contributed by atoms with Gasteiger partial charge in [0, 0.05) is 18.7 Å². The van der Waals surface area contributed by atoms with E-state index in [0.717, 1.165) is 16.7 Å². The fraction of sp³-hybridized carbons (Fsp3) is 0.167. The molecule has 1 atom stereocenters. The van der Waals surface area contributed by atoms with Gasteiger partial charge in [-0.3, -0.25) is 9.59 Å². The van der Waals surface area contributed by atoms with Gasteiger partial charge >= 0.3 is 0 Å². The highest BCUT2D eigenvalue weighted by molar-refractivity contribution is 8.00. The maximum Gasteiger partial charge on any atom is 0.251 e. The van der Waals surface area contributed by atoms with Crippen molar-refractivity contribution in [3.05, 3.63) is 107 Å². The normalized spacial score (nSPS) is 16.0. The van der Waals surface area contributed by atoms with Crippen molar-refractivity contribution in [2.45, 2.75) is 18.5 Å². The molecule has 1 heterocycles. The summed E-state index contributed by atoms with van der Waals surface area (Å²) in [5.74, 6) is 0.0830. The second-order valence-corrected chi connectivity index (χ2v) is 8.17. The molecule has 0 aliphatic carbocycles. The van der Waals surface area contributed by atoms with Crippen molar-refractivity contribution in [2.24, 2.45) is 0 Å². The molecule has 1 aliphatic heterocycles. The van der Waals surface area contributed by atoms with Crippen LogP contribution in [-0.4, -0.2) is 22.5 Å². The van der Waals surface area contributed by atoms with E-state index in [-0.39, 0.29) is 23.0 Å². The number of nitrogens with one attached hydrogen (secondary N) is 1. The number of carbonyl (C=O) groups is 2. The topological polar surface area (TPSA) is 49.4 Å². The summed E-state index contributed by atoms with van der Waals surface area (Å²) in [6, 6.07) is 23.3. The first kappa shape index (κ1) is 20.2. The van der Waals surface area contributed by atoms with Crippen LogP contribution in [0, 0.1) is 5.82 Å². The zero-order valence-corrected chi connectivity index (χ0v) is 17.1. The predicted molar refractivity (Wildman–Crippen MR) is 116 cm³/mol. The minimum atomic E-state index is -0.301. The molecule has 1 aliphatic rings. The van der Waals surface area contributed by atoms with Crippen LogP contribution in [-0.2, 0) is 17.9 Å². The quantitative estimate of drug-likeness (QED) is 0.637. The predicted octanol–water partition coefficient (Wildman–Crippen LogP) is 4.53. The summed E-state index contributed by atoms with van der Waals surface area (Å²) in [5, 5.41) is 2.78. The van der Waals surface area contributed by atoms with Gasteiger partial charge < -0.3 is 10.2 Å². The molecule has 3 aromatic rings. The Bertz CT molecular complexity index is 1020. The molecule has 1 N–H and O–H groups in total. The van der Waals surface area contributed by atoms with Crippen LogP contribution in [0.5, 0.6) is 0 Å². The van der Waals surface area contributed by atoms with E-state index in [1.54, 1.807) is 36.0 Å². The third-order valence-corrected chi connectivity index (χ3v) is 6.24. The Labute approximate surface area is 179 Å². The van der Waals surface area contributed by atoms with Gasteiger partial charge in [0.2, 0.25) is 5.91 Å². The lowest BCUT2D eigenvalue weighted by Crippen LogP contribution is -2.27. The Morgan fingerprint density at radius 2 is 1.67 bits per heavy atom. The van der Waals surface area contributed by atoms with Crippen molar-refractivity contribution < 1.29 is 14.0 Å². The average Bonchev–Trinajstić information content (AvgIpc) is 3.14. The van der Waals surface area contributed by atoms with Gasteiger partial charge in [-0.25, -0.2) is 4.39 Å². The minimum absolute atomic E-state index is 0.0611. The lowest BCUT2D eigenvalue weighted by molar-refractivity contribution is -0.128. The second kappa shape index (κ2) is 9.13. The summed E-state index contributed by atoms with van der Waals surface area (Å²) in [6.07, 6.45) is 0. The van der Waals surface area contributed by atoms with Gasteiger partial charge in [0.15, 0.2) is 0 Å². The number of benzene rings is 3. The smallest absolute Gasteiger partial charge is 0.251 e. The van der Waals surface area contributed by atoms with Crippen LogP contribution in [0.3, 0.4) is 0 Å². The van der Waals surface area contributed by atoms with Crippen molar-refractivity contribution in [2.75, 3.05) is 5.75 Å². The Morgan fingerprint density at radius 3 is 2.37 bits per heavy atom. The Kier molecular flexibility index (Phi) is 6.14.